The number of halogens is 16. The Labute approximate surface area is 710 Å². The van der Waals surface area contributed by atoms with Crippen LogP contribution in [0.15, 0.2) is 198 Å². The Morgan fingerprint density at radius 1 is 0.472 bits per heavy atom. The molecule has 3 aromatic heterocycles. The fraction of sp³-hybridized carbons (Fsp3) is 0.286. The van der Waals surface area contributed by atoms with E-state index in [1.807, 2.05) is 31.2 Å². The molecule has 13 rings (SSSR count). The summed E-state index contributed by atoms with van der Waals surface area (Å²) in [4.78, 5) is 21.0. The zero-order valence-corrected chi connectivity index (χ0v) is 69.9. The monoisotopic (exact) mass is 1820 g/mol. The second-order valence-corrected chi connectivity index (χ2v) is 35.0. The van der Waals surface area contributed by atoms with E-state index in [4.69, 9.17) is 24.7 Å². The molecule has 668 valence electrons. The number of aromatic nitrogens is 3. The molecule has 10 aromatic rings. The van der Waals surface area contributed by atoms with E-state index in [1.54, 1.807) is 103 Å². The van der Waals surface area contributed by atoms with Gasteiger partial charge in [0.05, 0.1) is 93.5 Å². The Morgan fingerprint density at radius 3 is 1.19 bits per heavy atom. The maximum Gasteiger partial charge on any atom is 0.417 e. The molecular formula is C84H83F16N12O10S3+. The quantitative estimate of drug-likeness (QED) is 0.0488. The lowest BCUT2D eigenvalue weighted by atomic mass is 9.85. The smallest absolute Gasteiger partial charge is 0.417 e. The third kappa shape index (κ3) is 21.4. The molecule has 3 aliphatic rings. The van der Waals surface area contributed by atoms with Crippen molar-refractivity contribution in [3.05, 3.63) is 314 Å². The minimum Gasteiger partial charge on any atom is -0.497 e. The summed E-state index contributed by atoms with van der Waals surface area (Å²) >= 11 is 0. The summed E-state index contributed by atoms with van der Waals surface area (Å²) in [6, 6.07) is 36.6. The van der Waals surface area contributed by atoms with Crippen molar-refractivity contribution in [3.8, 4) is 23.0 Å². The molecule has 7 aromatic carbocycles. The lowest BCUT2D eigenvalue weighted by molar-refractivity contribution is -0.566. The lowest BCUT2D eigenvalue weighted by Gasteiger charge is -2.42. The molecule has 3 aliphatic heterocycles. The van der Waals surface area contributed by atoms with Crippen LogP contribution in [0, 0.1) is 65.2 Å². The normalized spacial score (nSPS) is 19.3. The summed E-state index contributed by atoms with van der Waals surface area (Å²) in [6.45, 7) is 5.99. The molecule has 0 bridgehead atoms. The summed E-state index contributed by atoms with van der Waals surface area (Å²) in [5.74, 6) is -11.1. The van der Waals surface area contributed by atoms with Gasteiger partial charge in [-0.05, 0) is 134 Å². The number of aryl methyl sites for hydroxylation is 1. The number of rotatable bonds is 17. The van der Waals surface area contributed by atoms with Crippen molar-refractivity contribution >= 4 is 47.9 Å². The van der Waals surface area contributed by atoms with Gasteiger partial charge in [0.15, 0.2) is 10.5 Å². The van der Waals surface area contributed by atoms with Gasteiger partial charge in [-0.25, -0.2) is 79.9 Å². The molecule has 3 N–H and O–H groups in total. The van der Waals surface area contributed by atoms with E-state index in [1.165, 1.54) is 54.4 Å². The van der Waals surface area contributed by atoms with Crippen LogP contribution in [-0.4, -0.2) is 136 Å². The minimum atomic E-state index is -4.78. The Bertz CT molecular complexity index is 5810. The van der Waals surface area contributed by atoms with Gasteiger partial charge in [0, 0.05) is 82.2 Å². The fourth-order valence-electron chi connectivity index (χ4n) is 14.0. The maximum atomic E-state index is 15.6. The summed E-state index contributed by atoms with van der Waals surface area (Å²) in [5.41, 5.74) is -2.34. The Morgan fingerprint density at radius 2 is 0.840 bits per heavy atom. The van der Waals surface area contributed by atoms with E-state index in [0.29, 0.717) is 99.4 Å². The van der Waals surface area contributed by atoms with Crippen molar-refractivity contribution in [2.75, 3.05) is 55.3 Å². The number of alkyl halides is 6. The van der Waals surface area contributed by atoms with Crippen LogP contribution in [0.3, 0.4) is 0 Å². The number of nitrogens with one attached hydrogen (secondary N) is 1. The largest absolute Gasteiger partial charge is 0.497 e. The number of pyridine rings is 3. The maximum absolute atomic E-state index is 15.6. The number of methoxy groups -OCH3 is 4. The van der Waals surface area contributed by atoms with Gasteiger partial charge in [0.1, 0.15) is 92.0 Å². The van der Waals surface area contributed by atoms with Crippen LogP contribution in [0.2, 0.25) is 0 Å². The van der Waals surface area contributed by atoms with Crippen molar-refractivity contribution in [2.24, 2.45) is 15.7 Å². The standard InChI is InChI=1S/C33H30F6N4O4S.C27H28F3N3O4S.C17H14F6N4O2S.C6H6FN.CH4/c1-32(29-26(35)15-23(34)16-27(29)36)30(28-14-9-22(17-40-28)33(37,38)39)48(44,45)42(2)31(41-32)43(18-20-5-10-24(46-3)11-6-20)19-21-7-12-25(47-4)13-8-21;1-27(25-23(29)13-20(28)14-24(25)30)17-38(34,35)32(2)26(31-27)33(15-18-5-9-21(36-3)10-6-18)16-19-7-11-22(37-4)12-8-19;1-16(13-10(19)5-9(18)6-11(13)20)14(30(28,29)27(2)15(24)26-16)12-4-3-8(7-25-12)17(21,22)23;1-5-2-3-6(7)8-4-5;/h5-17,30H,18-19H2,1-4H3;5-14H,15-17H2,1-4H3;3-7,14H,1-2H3,(H2,24,26);2-4H,1H3;1H4/p+1/t30-,32-;27-;14-,16-;;/m101../s1. The van der Waals surface area contributed by atoms with Crippen LogP contribution in [-0.2, 0) is 85.2 Å². The number of hydrogen-bond donors (Lipinski definition) is 2. The van der Waals surface area contributed by atoms with Crippen LogP contribution < -0.4 is 30.0 Å². The van der Waals surface area contributed by atoms with Gasteiger partial charge in [0.25, 0.3) is 10.0 Å². The van der Waals surface area contributed by atoms with Crippen LogP contribution in [0.1, 0.15) is 106 Å². The van der Waals surface area contributed by atoms with Crippen LogP contribution in [0.4, 0.5) is 70.2 Å². The SMILES string of the molecule is C.CN1C(N)=N[C@](C)(c2c(F)cc(F)cc2F)[C@@H](c2ccc(C(F)(F)F)cn2)S1(=O)=O.COc1ccc(CN(Cc2ccc(OC)cc2)C2=N[C@](C)(c3c(F)cc(F)cc3F)CS(=O)(=O)N2C)cc1.COc1ccc(C[N+](Cc2ccc(OC)cc2)=C2N[C@](C)(c3c(F)cc(F)cc3F)[C@@H](c3ccc(C(F)(F)F)cn3)S(=O)(=O)N2C)cc1.Cc1ccc(F)nc1. The molecule has 125 heavy (non-hydrogen) atoms. The summed E-state index contributed by atoms with van der Waals surface area (Å²) in [5, 5.41) is -0.925. The van der Waals surface area contributed by atoms with Gasteiger partial charge >= 0.3 is 18.3 Å². The topological polar surface area (TPSA) is 257 Å². The lowest BCUT2D eigenvalue weighted by Crippen LogP contribution is -2.65. The Hall–Kier alpha value is -12.3. The number of aliphatic imine (C=N–C) groups is 2. The Balaban J connectivity index is 0.000000206. The first-order chi connectivity index (χ1) is 58.0. The van der Waals surface area contributed by atoms with Gasteiger partial charge in [-0.15, -0.1) is 0 Å². The molecule has 0 radical (unpaired) electrons. The number of benzene rings is 7. The Kier molecular flexibility index (Phi) is 29.4. The molecule has 1 fully saturated rings. The summed E-state index contributed by atoms with van der Waals surface area (Å²) in [7, 11) is -3.65. The molecule has 41 heteroatoms. The third-order valence-electron chi connectivity index (χ3n) is 20.2. The molecular weight excluding hydrogens is 1740 g/mol. The molecule has 6 heterocycles. The average Bonchev–Trinajstić information content (AvgIpc) is 0.721. The molecule has 5 atom stereocenters. The first-order valence-corrected chi connectivity index (χ1v) is 41.3. The highest BCUT2D eigenvalue weighted by Crippen LogP contribution is 2.50. The van der Waals surface area contributed by atoms with Crippen molar-refractivity contribution in [1.82, 2.24) is 38.1 Å². The molecule has 0 aliphatic carbocycles. The van der Waals surface area contributed by atoms with Crippen LogP contribution in [0.25, 0.3) is 0 Å². The number of nitrogens with zero attached hydrogens (tertiary/aromatic N) is 10. The first kappa shape index (κ1) is 96.5. The van der Waals surface area contributed by atoms with E-state index in [-0.39, 0.29) is 45.5 Å². The number of guanidine groups is 3. The zero-order chi connectivity index (χ0) is 91.3. The molecule has 1 saturated heterocycles. The van der Waals surface area contributed by atoms with E-state index in [2.05, 4.69) is 30.3 Å². The average molecular weight is 1820 g/mol. The highest BCUT2D eigenvalue weighted by atomic mass is 32.2. The van der Waals surface area contributed by atoms with Crippen molar-refractivity contribution in [2.45, 2.75) is 101 Å². The van der Waals surface area contributed by atoms with E-state index in [0.717, 1.165) is 51.4 Å². The van der Waals surface area contributed by atoms with Gasteiger partial charge in [-0.3, -0.25) is 19.9 Å². The van der Waals surface area contributed by atoms with Crippen LogP contribution >= 0.6 is 0 Å². The molecule has 22 nitrogen and oxygen atoms in total. The van der Waals surface area contributed by atoms with Crippen molar-refractivity contribution in [1.29, 1.82) is 0 Å². The van der Waals surface area contributed by atoms with Gasteiger partial charge in [-0.1, -0.05) is 62.0 Å². The van der Waals surface area contributed by atoms with E-state index < -0.39 is 179 Å². The van der Waals surface area contributed by atoms with Crippen molar-refractivity contribution < 1.29 is 119 Å². The predicted molar refractivity (Wildman–Crippen MR) is 432 cm³/mol. The summed E-state index contributed by atoms with van der Waals surface area (Å²) in [6.07, 6.45) is -7.19. The van der Waals surface area contributed by atoms with Gasteiger partial charge in [0.2, 0.25) is 37.9 Å². The minimum absolute atomic E-state index is 0. The van der Waals surface area contributed by atoms with Gasteiger partial charge in [-0.2, -0.15) is 43.5 Å². The first-order valence-electron chi connectivity index (χ1n) is 36.7. The molecule has 0 saturated carbocycles. The number of hydrogen-bond acceptors (Lipinski definition) is 17. The predicted octanol–water partition coefficient (Wildman–Crippen LogP) is 16.0. The van der Waals surface area contributed by atoms with Gasteiger partial charge < -0.3 is 29.6 Å². The fourth-order valence-corrected chi connectivity index (χ4v) is 19.2. The second-order valence-electron chi connectivity index (χ2n) is 28.9. The summed E-state index contributed by atoms with van der Waals surface area (Å²) < 4.78 is 329. The number of nitrogens with two attached hydrogens (primary N) is 1. The van der Waals surface area contributed by atoms with Crippen LogP contribution in [0.5, 0.6) is 23.0 Å². The third-order valence-corrected chi connectivity index (χ3v) is 26.6. The highest BCUT2D eigenvalue weighted by molar-refractivity contribution is 7.90. The molecule has 0 unspecified atom stereocenters. The molecule has 0 spiro atoms. The number of sulfonamides is 3. The number of ether oxygens (including phenoxy) is 4. The molecule has 0 amide bonds. The van der Waals surface area contributed by atoms with E-state index >= 15 is 8.78 Å². The second kappa shape index (κ2) is 38.1. The zero-order valence-electron chi connectivity index (χ0n) is 67.5. The van der Waals surface area contributed by atoms with Crippen molar-refractivity contribution in [3.63, 3.8) is 0 Å². The van der Waals surface area contributed by atoms with E-state index in [9.17, 15) is 86.7 Å². The highest BCUT2D eigenvalue weighted by Gasteiger charge is 2.61.